The van der Waals surface area contributed by atoms with Crippen LogP contribution in [0.4, 0.5) is 9.59 Å². The molecule has 0 aliphatic carbocycles. The minimum absolute atomic E-state index is 0.0117. The summed E-state index contributed by atoms with van der Waals surface area (Å²) < 4.78 is 31.9. The number of esters is 1. The highest BCUT2D eigenvalue weighted by Crippen LogP contribution is 2.36. The number of hydrogen-bond donors (Lipinski definition) is 6. The Bertz CT molecular complexity index is 5290. The van der Waals surface area contributed by atoms with Crippen molar-refractivity contribution in [2.45, 2.75) is 232 Å². The molecular weight excluding hydrogens is 1590 g/mol. The van der Waals surface area contributed by atoms with Crippen LogP contribution in [0.25, 0.3) is 21.5 Å². The summed E-state index contributed by atoms with van der Waals surface area (Å²) in [7, 11) is 4.00. The normalized spacial score (nSPS) is 20.6. The lowest BCUT2D eigenvalue weighted by Crippen LogP contribution is -2.62. The first kappa shape index (κ1) is 91.7. The van der Waals surface area contributed by atoms with Crippen molar-refractivity contribution in [1.29, 1.82) is 5.26 Å². The molecule has 8 aromatic rings. The molecular formula is C91H113N17O16. The van der Waals surface area contributed by atoms with Crippen molar-refractivity contribution in [2.24, 2.45) is 10.8 Å². The first-order valence-electron chi connectivity index (χ1n) is 41.6. The van der Waals surface area contributed by atoms with Crippen molar-refractivity contribution >= 4 is 87.0 Å². The summed E-state index contributed by atoms with van der Waals surface area (Å²) in [4.78, 5) is 167. The van der Waals surface area contributed by atoms with Gasteiger partial charge in [0, 0.05) is 52.9 Å². The third kappa shape index (κ3) is 23.0. The minimum atomic E-state index is -1.44. The zero-order chi connectivity index (χ0) is 90.0. The smallest absolute Gasteiger partial charge is 0.410 e. The van der Waals surface area contributed by atoms with E-state index in [2.05, 4.69) is 58.6 Å². The molecule has 8 bridgehead atoms. The molecule has 2 saturated heterocycles. The van der Waals surface area contributed by atoms with Gasteiger partial charge in [-0.05, 0) is 147 Å². The number of ether oxygens (including phenoxy) is 5. The molecule has 10 amide bonds. The number of hydrogen-bond acceptors (Lipinski definition) is 21. The molecule has 8 heterocycles. The number of likely N-dealkylation sites (N-methyl/N-ethyl adjacent to an activating group) is 2. The highest BCUT2D eigenvalue weighted by atomic mass is 16.6. The molecule has 658 valence electrons. The number of amides is 10. The van der Waals surface area contributed by atoms with Crippen LogP contribution in [0.15, 0.2) is 146 Å². The molecule has 0 saturated carbocycles. The molecule has 2 aromatic heterocycles. The molecule has 6 aliphatic heterocycles. The summed E-state index contributed by atoms with van der Waals surface area (Å²) in [6.07, 6.45) is 1.51. The summed E-state index contributed by atoms with van der Waals surface area (Å²) in [5.41, 5.74) is -0.777. The van der Waals surface area contributed by atoms with Crippen LogP contribution in [0.1, 0.15) is 155 Å². The number of benzene rings is 6. The van der Waals surface area contributed by atoms with Gasteiger partial charge in [-0.3, -0.25) is 48.2 Å². The first-order valence-corrected chi connectivity index (χ1v) is 41.6. The van der Waals surface area contributed by atoms with E-state index in [1.807, 2.05) is 84.9 Å². The van der Waals surface area contributed by atoms with Crippen LogP contribution in [-0.2, 0) is 96.3 Å². The van der Waals surface area contributed by atoms with Crippen molar-refractivity contribution in [3.8, 4) is 17.6 Å². The predicted octanol–water partition coefficient (Wildman–Crippen LogP) is 8.11. The predicted molar refractivity (Wildman–Crippen MR) is 458 cm³/mol. The number of fused-ring (bicyclic) bond motifs is 2. The fourth-order valence-corrected chi connectivity index (χ4v) is 15.2. The van der Waals surface area contributed by atoms with Crippen molar-refractivity contribution in [3.05, 3.63) is 179 Å². The van der Waals surface area contributed by atoms with Gasteiger partial charge in [-0.1, -0.05) is 161 Å². The van der Waals surface area contributed by atoms with Crippen LogP contribution < -0.4 is 41.4 Å². The van der Waals surface area contributed by atoms with Gasteiger partial charge < -0.3 is 65.4 Å². The van der Waals surface area contributed by atoms with E-state index in [4.69, 9.17) is 23.7 Å². The number of rotatable bonds is 13. The largest absolute Gasteiger partial charge is 0.487 e. The van der Waals surface area contributed by atoms with Gasteiger partial charge in [0.05, 0.1) is 37.7 Å². The van der Waals surface area contributed by atoms with Crippen molar-refractivity contribution < 1.29 is 76.4 Å². The van der Waals surface area contributed by atoms with E-state index < -0.39 is 160 Å². The summed E-state index contributed by atoms with van der Waals surface area (Å²) in [6, 6.07) is 27.1. The zero-order valence-corrected chi connectivity index (χ0v) is 73.3. The maximum Gasteiger partial charge on any atom is 0.410 e. The average molecular weight is 1700 g/mol. The lowest BCUT2D eigenvalue weighted by atomic mass is 9.85. The van der Waals surface area contributed by atoms with Gasteiger partial charge in [0.25, 0.3) is 0 Å². The SMILES string of the molecule is COC(=O)[C@@H]1Cc2ccc(cc2)OCc2cn(nn2)C2CCN(C(=O)[C@@H](NC(=O)[C@H](C)N(C)C(=O)OC(C)(C)C)C(C)(C)C)[C@@H]2C(=O)N[C@@H](Cc2ccc3ccccc3c2)C(=O)N[C@H](C#N)Cc2ccc(cc2)OCc2cn(nn2)[C@@H]2CCN(C(=O)[C@@H](NC(=O)[C@H](C)N(C)C(=O)OC(C)(C)C)C(C)(C)C)[C@@H]2C(=O)N[C@@H](Cc2ccc3ccccc3c2)C(=O)N1. The Morgan fingerprint density at radius 3 is 1.29 bits per heavy atom. The van der Waals surface area contributed by atoms with Crippen molar-refractivity contribution in [2.75, 3.05) is 34.3 Å². The lowest BCUT2D eigenvalue weighted by molar-refractivity contribution is -0.146. The lowest BCUT2D eigenvalue weighted by Gasteiger charge is -2.37. The number of likely N-dealkylation sites (tertiary alicyclic amines) is 2. The van der Waals surface area contributed by atoms with Gasteiger partial charge >= 0.3 is 18.2 Å². The summed E-state index contributed by atoms with van der Waals surface area (Å²) in [5.74, 6) is -5.86. The summed E-state index contributed by atoms with van der Waals surface area (Å²) in [5, 5.41) is 49.8. The topological polar surface area (TPSA) is 404 Å². The van der Waals surface area contributed by atoms with E-state index in [-0.39, 0.29) is 64.8 Å². The number of nitriles is 1. The Morgan fingerprint density at radius 2 is 0.911 bits per heavy atom. The maximum absolute atomic E-state index is 15.9. The summed E-state index contributed by atoms with van der Waals surface area (Å²) >= 11 is 0. The second kappa shape index (κ2) is 38.6. The van der Waals surface area contributed by atoms with Crippen LogP contribution in [0.2, 0.25) is 0 Å². The molecule has 0 radical (unpaired) electrons. The highest BCUT2D eigenvalue weighted by Gasteiger charge is 2.51. The van der Waals surface area contributed by atoms with Crippen molar-refractivity contribution in [3.63, 3.8) is 0 Å². The zero-order valence-electron chi connectivity index (χ0n) is 73.3. The molecule has 2 fully saturated rings. The second-order valence-electron chi connectivity index (χ2n) is 36.1. The molecule has 6 aliphatic rings. The van der Waals surface area contributed by atoms with Gasteiger partial charge in [0.1, 0.15) is 108 Å². The summed E-state index contributed by atoms with van der Waals surface area (Å²) in [6.45, 7) is 23.2. The average Bonchev–Trinajstić information content (AvgIpc) is 1.65. The highest BCUT2D eigenvalue weighted by molar-refractivity contribution is 5.99. The monoisotopic (exact) mass is 1700 g/mol. The Balaban J connectivity index is 0.937. The van der Waals surface area contributed by atoms with E-state index in [0.29, 0.717) is 45.1 Å². The van der Waals surface area contributed by atoms with Crippen LogP contribution in [0, 0.1) is 22.2 Å². The number of nitrogens with zero attached hydrogens (tertiary/aromatic N) is 11. The van der Waals surface area contributed by atoms with E-state index in [0.717, 1.165) is 31.3 Å². The molecule has 33 nitrogen and oxygen atoms in total. The number of nitrogens with one attached hydrogen (secondary N) is 6. The van der Waals surface area contributed by atoms with Gasteiger partial charge in [0.2, 0.25) is 47.3 Å². The van der Waals surface area contributed by atoms with Crippen molar-refractivity contribution in [1.82, 2.24) is 81.5 Å². The number of carbonyl (C=O) groups excluding carboxylic acids is 11. The Hall–Kier alpha value is -13.0. The standard InChI is InChI=1S/C91H113N17O16/c1-53(103(15)86(118)123-90(9,10)11)77(109)97-75(88(3,4)5)83(115)105-40-38-71-73(105)81(113)94-68(46-57-26-32-59-22-18-20-24-61(59)42-57)79(111)93-63(48-92)44-55-28-34-66(35-29-55)121-51-64-49-108(102-99-64)72-39-41-106(84(116)76(89(6,7)8)98-78(110)54(2)104(16)87(119)124-91(12,13)14)74(72)82(114)95-69(47-58-27-33-60-23-19-21-25-62(60)43-58)80(112)96-70(85(117)120-17)45-56-30-36-67(37-31-56)122-52-65-50-107(71)101-100-65/h18-37,42-43,49-50,53-54,63,68-76H,38-41,44-47,51-52H2,1-17H3,(H,93,111)(H,94,113)(H,95,114)(H,96,112)(H,97,109)(H,98,110)/t53-,54-,63-,68-,69-,70-,71?,72+,73-,74-,75+,76+/m0/s1. The molecule has 124 heavy (non-hydrogen) atoms. The number of aromatic nitrogens is 6. The fourth-order valence-electron chi connectivity index (χ4n) is 15.2. The second-order valence-corrected chi connectivity index (χ2v) is 36.1. The molecule has 1 unspecified atom stereocenters. The molecule has 33 heteroatoms. The number of methoxy groups -OCH3 is 1. The molecule has 14 rings (SSSR count). The fraction of sp³-hybridized carbons (Fsp3) is 0.473. The Kier molecular flexibility index (Phi) is 28.5. The first-order chi connectivity index (χ1) is 58.5. The minimum Gasteiger partial charge on any atom is -0.487 e. The van der Waals surface area contributed by atoms with Crippen LogP contribution in [0.5, 0.6) is 11.5 Å². The van der Waals surface area contributed by atoms with E-state index in [1.54, 1.807) is 144 Å². The number of carbonyl (C=O) groups is 11. The Labute approximate surface area is 721 Å². The maximum atomic E-state index is 15.9. The third-order valence-electron chi connectivity index (χ3n) is 22.3. The van der Waals surface area contributed by atoms with Crippen LogP contribution in [0.3, 0.4) is 0 Å². The van der Waals surface area contributed by atoms with E-state index in [1.165, 1.54) is 54.2 Å². The molecule has 6 N–H and O–H groups in total. The molecule has 6 aromatic carbocycles. The van der Waals surface area contributed by atoms with E-state index >= 15 is 28.8 Å². The van der Waals surface area contributed by atoms with Gasteiger partial charge in [-0.25, -0.2) is 23.7 Å². The van der Waals surface area contributed by atoms with Gasteiger partial charge in [-0.2, -0.15) is 5.26 Å². The molecule has 0 spiro atoms. The Morgan fingerprint density at radius 1 is 0.524 bits per heavy atom. The molecule has 12 atom stereocenters. The van der Waals surface area contributed by atoms with Gasteiger partial charge in [-0.15, -0.1) is 10.2 Å². The quantitative estimate of drug-likeness (QED) is 0.0468. The van der Waals surface area contributed by atoms with Gasteiger partial charge in [0.15, 0.2) is 0 Å². The van der Waals surface area contributed by atoms with Crippen LogP contribution >= 0.6 is 0 Å². The van der Waals surface area contributed by atoms with E-state index in [9.17, 15) is 29.2 Å². The third-order valence-corrected chi connectivity index (χ3v) is 22.3. The van der Waals surface area contributed by atoms with Crippen LogP contribution in [-0.4, -0.2) is 221 Å².